The van der Waals surface area contributed by atoms with E-state index in [0.29, 0.717) is 30.3 Å². The summed E-state index contributed by atoms with van der Waals surface area (Å²) in [5.74, 6) is 5.85. The molecule has 1 heterocycles. The first-order valence-corrected chi connectivity index (χ1v) is 6.60. The van der Waals surface area contributed by atoms with Crippen LogP contribution in [0.2, 0.25) is 0 Å². The molecule has 0 saturated heterocycles. The average Bonchev–Trinajstić information content (AvgIpc) is 2.88. The van der Waals surface area contributed by atoms with Crippen molar-refractivity contribution < 1.29 is 13.9 Å². The summed E-state index contributed by atoms with van der Waals surface area (Å²) in [5, 5.41) is 0. The van der Waals surface area contributed by atoms with Crippen LogP contribution in [-0.2, 0) is 11.3 Å². The van der Waals surface area contributed by atoms with Gasteiger partial charge in [0, 0.05) is 0 Å². The molecule has 3 N–H and O–H groups in total. The second-order valence-corrected chi connectivity index (χ2v) is 4.48. The van der Waals surface area contributed by atoms with E-state index in [4.69, 9.17) is 15.0 Å². The molecule has 2 rings (SSSR count). The summed E-state index contributed by atoms with van der Waals surface area (Å²) in [7, 11) is 0. The molecule has 1 aromatic carbocycles. The summed E-state index contributed by atoms with van der Waals surface area (Å²) in [4.78, 5) is 11.4. The minimum absolute atomic E-state index is 0.303. The number of rotatable bonds is 6. The predicted molar refractivity (Wildman–Crippen MR) is 80.2 cm³/mol. The number of benzene rings is 1. The van der Waals surface area contributed by atoms with Crippen molar-refractivity contribution in [3.05, 3.63) is 65.1 Å². The summed E-state index contributed by atoms with van der Waals surface area (Å²) >= 11 is 0. The van der Waals surface area contributed by atoms with Crippen LogP contribution in [0.25, 0.3) is 6.08 Å². The van der Waals surface area contributed by atoms with Gasteiger partial charge in [-0.2, -0.15) is 0 Å². The van der Waals surface area contributed by atoms with Crippen molar-refractivity contribution in [3.8, 4) is 0 Å². The zero-order valence-corrected chi connectivity index (χ0v) is 11.8. The third-order valence-electron chi connectivity index (χ3n) is 2.91. The molecular weight excluding hydrogens is 268 g/mol. The van der Waals surface area contributed by atoms with Gasteiger partial charge in [-0.1, -0.05) is 42.5 Å². The van der Waals surface area contributed by atoms with Gasteiger partial charge in [0.15, 0.2) is 0 Å². The molecule has 0 aliphatic heterocycles. The first kappa shape index (κ1) is 15.0. The monoisotopic (exact) mass is 286 g/mol. The van der Waals surface area contributed by atoms with Crippen molar-refractivity contribution in [1.82, 2.24) is 5.43 Å². The van der Waals surface area contributed by atoms with Gasteiger partial charge >= 0.3 is 0 Å². The minimum Gasteiger partial charge on any atom is -0.463 e. The van der Waals surface area contributed by atoms with Crippen molar-refractivity contribution in [2.45, 2.75) is 13.5 Å². The van der Waals surface area contributed by atoms with Gasteiger partial charge in [-0.25, -0.2) is 5.84 Å². The molecule has 0 atom stereocenters. The van der Waals surface area contributed by atoms with E-state index >= 15 is 0 Å². The summed E-state index contributed by atoms with van der Waals surface area (Å²) in [6.07, 6.45) is 3.92. The highest BCUT2D eigenvalue weighted by atomic mass is 16.5. The molecule has 0 saturated carbocycles. The number of hydrazine groups is 1. The Morgan fingerprint density at radius 2 is 2.14 bits per heavy atom. The lowest BCUT2D eigenvalue weighted by Crippen LogP contribution is -2.30. The summed E-state index contributed by atoms with van der Waals surface area (Å²) < 4.78 is 10.9. The van der Waals surface area contributed by atoms with Crippen LogP contribution >= 0.6 is 0 Å². The van der Waals surface area contributed by atoms with Gasteiger partial charge in [0.2, 0.25) is 0 Å². The Hall–Kier alpha value is -2.37. The number of carbonyl (C=O) groups is 1. The SMILES string of the molecule is Cc1oc(COCC=Cc2ccccc2)cc1C(=O)NN. The number of nitrogens with two attached hydrogens (primary N) is 1. The van der Waals surface area contributed by atoms with Gasteiger partial charge in [0.1, 0.15) is 18.1 Å². The Balaban J connectivity index is 1.81. The van der Waals surface area contributed by atoms with Gasteiger partial charge in [-0.05, 0) is 18.6 Å². The molecule has 0 radical (unpaired) electrons. The molecule has 0 unspecified atom stereocenters. The van der Waals surface area contributed by atoms with Crippen LogP contribution in [0.15, 0.2) is 46.9 Å². The number of nitrogens with one attached hydrogen (secondary N) is 1. The van der Waals surface area contributed by atoms with Crippen molar-refractivity contribution in [2.24, 2.45) is 5.84 Å². The van der Waals surface area contributed by atoms with Crippen molar-refractivity contribution in [1.29, 1.82) is 0 Å². The van der Waals surface area contributed by atoms with Crippen LogP contribution < -0.4 is 11.3 Å². The lowest BCUT2D eigenvalue weighted by Gasteiger charge is -1.97. The summed E-state index contributed by atoms with van der Waals surface area (Å²) in [6, 6.07) is 11.6. The van der Waals surface area contributed by atoms with Gasteiger partial charge in [0.05, 0.1) is 12.2 Å². The topological polar surface area (TPSA) is 77.5 Å². The maximum atomic E-state index is 11.4. The van der Waals surface area contributed by atoms with Crippen LogP contribution in [0.3, 0.4) is 0 Å². The van der Waals surface area contributed by atoms with Gasteiger partial charge in [-0.15, -0.1) is 0 Å². The maximum Gasteiger partial charge on any atom is 0.268 e. The molecule has 1 aromatic heterocycles. The van der Waals surface area contributed by atoms with Crippen LogP contribution in [-0.4, -0.2) is 12.5 Å². The second-order valence-electron chi connectivity index (χ2n) is 4.48. The number of hydrogen-bond donors (Lipinski definition) is 2. The van der Waals surface area contributed by atoms with Gasteiger partial charge in [0.25, 0.3) is 5.91 Å². The van der Waals surface area contributed by atoms with E-state index < -0.39 is 0 Å². The van der Waals surface area contributed by atoms with Crippen molar-refractivity contribution >= 4 is 12.0 Å². The van der Waals surface area contributed by atoms with E-state index in [-0.39, 0.29) is 5.91 Å². The van der Waals surface area contributed by atoms with E-state index in [1.165, 1.54) is 0 Å². The number of ether oxygens (including phenoxy) is 1. The highest BCUT2D eigenvalue weighted by molar-refractivity contribution is 5.94. The molecule has 1 amide bonds. The van der Waals surface area contributed by atoms with Gasteiger partial charge in [-0.3, -0.25) is 10.2 Å². The van der Waals surface area contributed by atoms with Crippen LogP contribution in [0.4, 0.5) is 0 Å². The normalized spacial score (nSPS) is 11.0. The van der Waals surface area contributed by atoms with Crippen LogP contribution in [0.1, 0.15) is 27.4 Å². The number of carbonyl (C=O) groups excluding carboxylic acids is 1. The van der Waals surface area contributed by atoms with Crippen molar-refractivity contribution in [2.75, 3.05) is 6.61 Å². The van der Waals surface area contributed by atoms with Crippen LogP contribution in [0.5, 0.6) is 0 Å². The summed E-state index contributed by atoms with van der Waals surface area (Å²) in [5.41, 5.74) is 3.63. The number of furan rings is 1. The van der Waals surface area contributed by atoms with E-state index in [9.17, 15) is 4.79 Å². The Morgan fingerprint density at radius 1 is 1.38 bits per heavy atom. The minimum atomic E-state index is -0.369. The molecule has 5 nitrogen and oxygen atoms in total. The number of hydrogen-bond acceptors (Lipinski definition) is 4. The highest BCUT2D eigenvalue weighted by Crippen LogP contribution is 2.15. The first-order valence-electron chi connectivity index (χ1n) is 6.60. The highest BCUT2D eigenvalue weighted by Gasteiger charge is 2.13. The molecule has 0 aliphatic rings. The molecule has 5 heteroatoms. The third-order valence-corrected chi connectivity index (χ3v) is 2.91. The van der Waals surface area contributed by atoms with E-state index in [2.05, 4.69) is 5.43 Å². The number of aryl methyl sites for hydroxylation is 1. The van der Waals surface area contributed by atoms with Crippen LogP contribution in [0, 0.1) is 6.92 Å². The fourth-order valence-electron chi connectivity index (χ4n) is 1.89. The summed E-state index contributed by atoms with van der Waals surface area (Å²) in [6.45, 7) is 2.48. The molecule has 0 spiro atoms. The predicted octanol–water partition coefficient (Wildman–Crippen LogP) is 2.42. The Kier molecular flexibility index (Phi) is 5.31. The fraction of sp³-hybridized carbons (Fsp3) is 0.188. The molecule has 0 aliphatic carbocycles. The Morgan fingerprint density at radius 3 is 2.86 bits per heavy atom. The lowest BCUT2D eigenvalue weighted by molar-refractivity contribution is 0.0952. The van der Waals surface area contributed by atoms with E-state index in [1.54, 1.807) is 13.0 Å². The fourth-order valence-corrected chi connectivity index (χ4v) is 1.89. The molecule has 0 fully saturated rings. The molecule has 21 heavy (non-hydrogen) atoms. The smallest absolute Gasteiger partial charge is 0.268 e. The lowest BCUT2D eigenvalue weighted by atomic mass is 10.2. The third kappa shape index (κ3) is 4.30. The number of nitrogen functional groups attached to an aromatic ring is 1. The van der Waals surface area contributed by atoms with E-state index in [1.807, 2.05) is 42.5 Å². The quantitative estimate of drug-likeness (QED) is 0.370. The van der Waals surface area contributed by atoms with Gasteiger partial charge < -0.3 is 9.15 Å². The molecule has 0 bridgehead atoms. The largest absolute Gasteiger partial charge is 0.463 e. The van der Waals surface area contributed by atoms with E-state index in [0.717, 1.165) is 5.56 Å². The van der Waals surface area contributed by atoms with Crippen molar-refractivity contribution in [3.63, 3.8) is 0 Å². The molecule has 2 aromatic rings. The first-order chi connectivity index (χ1) is 10.2. The molecule has 110 valence electrons. The number of amides is 1. The second kappa shape index (κ2) is 7.42. The average molecular weight is 286 g/mol. The maximum absolute atomic E-state index is 11.4. The molecular formula is C16H18N2O3. The Bertz CT molecular complexity index is 618. The zero-order valence-electron chi connectivity index (χ0n) is 11.8. The Labute approximate surface area is 123 Å². The zero-order chi connectivity index (χ0) is 15.1. The standard InChI is InChI=1S/C16H18N2O3/c1-12-15(16(19)18-17)10-14(21-12)11-20-9-5-8-13-6-3-2-4-7-13/h2-8,10H,9,11,17H2,1H3,(H,18,19).